The summed E-state index contributed by atoms with van der Waals surface area (Å²) < 4.78 is 40.7. The topological polar surface area (TPSA) is 426 Å². The van der Waals surface area contributed by atoms with Gasteiger partial charge in [0.05, 0.1) is 25.3 Å². The summed E-state index contributed by atoms with van der Waals surface area (Å²) in [7, 11) is 0. The Labute approximate surface area is 366 Å². The normalized spacial score (nSPS) is 25.3. The number of carboxylic acids is 1. The van der Waals surface area contributed by atoms with Crippen molar-refractivity contribution in [2.45, 2.75) is 101 Å². The number of halogens is 3. The number of aliphatic hydroxyl groups excluding tert-OH is 5. The van der Waals surface area contributed by atoms with E-state index >= 15 is 0 Å². The van der Waals surface area contributed by atoms with Gasteiger partial charge in [0.15, 0.2) is 23.6 Å². The Hall–Kier alpha value is -6.53. The summed E-state index contributed by atoms with van der Waals surface area (Å²) >= 11 is 0. The van der Waals surface area contributed by atoms with Crippen LogP contribution in [-0.4, -0.2) is 176 Å². The van der Waals surface area contributed by atoms with E-state index in [-0.39, 0.29) is 5.56 Å². The zero-order valence-corrected chi connectivity index (χ0v) is 34.9. The number of β-amino-alcohol motifs (C(OH)–C–C–N with tert-alkyl or cyclic N) is 1. The van der Waals surface area contributed by atoms with Gasteiger partial charge in [-0.3, -0.25) is 43.2 Å². The number of aliphatic carboxylic acids is 1. The van der Waals surface area contributed by atoms with Crippen LogP contribution in [0.1, 0.15) is 33.3 Å². The molecule has 1 aromatic rings. The highest BCUT2D eigenvalue weighted by atomic mass is 19.2. The van der Waals surface area contributed by atoms with Gasteiger partial charge in [0, 0.05) is 13.1 Å². The van der Waals surface area contributed by atoms with Crippen LogP contribution < -0.4 is 53.6 Å². The Morgan fingerprint density at radius 3 is 1.78 bits per heavy atom. The molecule has 29 heteroatoms. The average molecular weight is 937 g/mol. The van der Waals surface area contributed by atoms with Crippen LogP contribution in [0.2, 0.25) is 0 Å². The summed E-state index contributed by atoms with van der Waals surface area (Å²) in [4.78, 5) is 130. The highest BCUT2D eigenvalue weighted by Crippen LogP contribution is 2.14. The molecule has 1 saturated heterocycles. The lowest BCUT2D eigenvalue weighted by atomic mass is 9.99. The minimum Gasteiger partial charge on any atom is -0.479 e. The first-order valence-electron chi connectivity index (χ1n) is 19.3. The number of carbonyl (C=O) groups excluding carboxylic acids is 9. The van der Waals surface area contributed by atoms with Gasteiger partial charge >= 0.3 is 5.97 Å². The summed E-state index contributed by atoms with van der Waals surface area (Å²) in [6.07, 6.45) is -9.36. The third-order valence-corrected chi connectivity index (χ3v) is 9.39. The third-order valence-electron chi connectivity index (χ3n) is 9.39. The summed E-state index contributed by atoms with van der Waals surface area (Å²) in [5, 5.41) is 80.0. The number of benzene rings is 1. The molecule has 9 amide bonds. The number of nitrogens with two attached hydrogens (primary N) is 1. The van der Waals surface area contributed by atoms with Crippen molar-refractivity contribution in [3.63, 3.8) is 0 Å². The van der Waals surface area contributed by atoms with Crippen molar-refractivity contribution in [1.82, 2.24) is 47.9 Å². The van der Waals surface area contributed by atoms with Crippen LogP contribution in [0.3, 0.4) is 0 Å². The maximum atomic E-state index is 13.7. The molecule has 2 rings (SSSR count). The molecule has 1 aromatic carbocycles. The Morgan fingerprint density at radius 1 is 0.738 bits per heavy atom. The third kappa shape index (κ3) is 15.6. The Balaban J connectivity index is 2.58. The summed E-state index contributed by atoms with van der Waals surface area (Å²) in [6.45, 7) is 1.12. The summed E-state index contributed by atoms with van der Waals surface area (Å²) in [6, 6.07) is -13.0. The van der Waals surface area contributed by atoms with Crippen LogP contribution in [-0.2, 0) is 54.5 Å². The Morgan fingerprint density at radius 2 is 1.26 bits per heavy atom. The number of carboxylic acid groups (broad SMARTS) is 1. The molecule has 65 heavy (non-hydrogen) atoms. The molecular formula is C36H51F3N10O16. The summed E-state index contributed by atoms with van der Waals surface area (Å²) in [5.41, 5.74) is 4.91. The van der Waals surface area contributed by atoms with Gasteiger partial charge in [-0.15, -0.1) is 0 Å². The largest absolute Gasteiger partial charge is 0.479 e. The van der Waals surface area contributed by atoms with Crippen LogP contribution >= 0.6 is 0 Å². The van der Waals surface area contributed by atoms with Crippen LogP contribution in [0.5, 0.6) is 0 Å². The van der Waals surface area contributed by atoms with E-state index < -0.39 is 175 Å². The van der Waals surface area contributed by atoms with Gasteiger partial charge in [0.1, 0.15) is 42.4 Å². The number of nitrogens with one attached hydrogen (secondary N) is 9. The first kappa shape index (κ1) is 54.6. The fourth-order valence-electron chi connectivity index (χ4n) is 5.57. The number of primary amides is 1. The second-order valence-electron chi connectivity index (χ2n) is 14.8. The van der Waals surface area contributed by atoms with Gasteiger partial charge in [-0.2, -0.15) is 0 Å². The van der Waals surface area contributed by atoms with Crippen molar-refractivity contribution in [3.05, 3.63) is 35.1 Å². The highest BCUT2D eigenvalue weighted by molar-refractivity contribution is 6.06. The van der Waals surface area contributed by atoms with Gasteiger partial charge < -0.3 is 84.2 Å². The molecule has 1 aliphatic heterocycles. The molecule has 1 fully saturated rings. The van der Waals surface area contributed by atoms with E-state index in [1.54, 1.807) is 5.32 Å². The maximum Gasteiger partial charge on any atom is 0.336 e. The van der Waals surface area contributed by atoms with Crippen LogP contribution in [0, 0.1) is 23.4 Å². The summed E-state index contributed by atoms with van der Waals surface area (Å²) in [5.74, 6) is -20.8. The van der Waals surface area contributed by atoms with Crippen LogP contribution in [0.4, 0.5) is 13.2 Å². The van der Waals surface area contributed by atoms with Gasteiger partial charge in [-0.25, -0.2) is 18.0 Å². The minimum absolute atomic E-state index is 0.137. The fourth-order valence-corrected chi connectivity index (χ4v) is 5.57. The lowest BCUT2D eigenvalue weighted by molar-refractivity contribution is -0.148. The molecule has 26 nitrogen and oxygen atoms in total. The smallest absolute Gasteiger partial charge is 0.336 e. The van der Waals surface area contributed by atoms with Crippen LogP contribution in [0.15, 0.2) is 12.1 Å². The quantitative estimate of drug-likeness (QED) is 0.0645. The van der Waals surface area contributed by atoms with Gasteiger partial charge in [0.2, 0.25) is 47.4 Å². The lowest BCUT2D eigenvalue weighted by Crippen LogP contribution is -2.66. The molecule has 0 radical (unpaired) electrons. The van der Waals surface area contributed by atoms with Crippen molar-refractivity contribution in [2.24, 2.45) is 11.7 Å². The molecule has 1 aliphatic rings. The molecule has 362 valence electrons. The monoisotopic (exact) mass is 936 g/mol. The van der Waals surface area contributed by atoms with Crippen molar-refractivity contribution in [3.8, 4) is 0 Å². The van der Waals surface area contributed by atoms with Crippen molar-refractivity contribution < 1.29 is 91.8 Å². The minimum atomic E-state index is -2.64. The number of carbonyl (C=O) groups is 10. The molecule has 0 spiro atoms. The van der Waals surface area contributed by atoms with E-state index in [1.807, 2.05) is 26.6 Å². The van der Waals surface area contributed by atoms with Crippen molar-refractivity contribution >= 4 is 59.1 Å². The van der Waals surface area contributed by atoms with E-state index in [0.29, 0.717) is 12.1 Å². The first-order valence-corrected chi connectivity index (χ1v) is 19.3. The Bertz CT molecular complexity index is 1960. The van der Waals surface area contributed by atoms with E-state index in [4.69, 9.17) is 5.73 Å². The molecule has 17 N–H and O–H groups in total. The van der Waals surface area contributed by atoms with E-state index in [2.05, 4.69) is 16.0 Å². The average Bonchev–Trinajstić information content (AvgIpc) is 3.23. The fraction of sp³-hybridized carbons (Fsp3) is 0.556. The van der Waals surface area contributed by atoms with Crippen LogP contribution in [0.25, 0.3) is 0 Å². The number of hydrogen-bond acceptors (Lipinski definition) is 16. The lowest BCUT2D eigenvalue weighted by Gasteiger charge is -2.31. The number of aliphatic hydroxyl groups is 5. The number of hydrogen-bond donors (Lipinski definition) is 16. The predicted octanol–water partition coefficient (Wildman–Crippen LogP) is -8.58. The van der Waals surface area contributed by atoms with Gasteiger partial charge in [-0.05, 0) is 37.5 Å². The first-order chi connectivity index (χ1) is 30.2. The van der Waals surface area contributed by atoms with Gasteiger partial charge in [-0.1, -0.05) is 13.8 Å². The predicted molar refractivity (Wildman–Crippen MR) is 209 cm³/mol. The second-order valence-corrected chi connectivity index (χ2v) is 14.8. The molecule has 0 aliphatic carbocycles. The molecule has 1 heterocycles. The number of rotatable bonds is 13. The molecular weight excluding hydrogens is 885 g/mol. The van der Waals surface area contributed by atoms with E-state index in [9.17, 15) is 91.8 Å². The molecule has 5 unspecified atom stereocenters. The Kier molecular flexibility index (Phi) is 20.6. The zero-order valence-electron chi connectivity index (χ0n) is 34.9. The van der Waals surface area contributed by atoms with Gasteiger partial charge in [0.25, 0.3) is 11.8 Å². The molecule has 0 aromatic heterocycles. The highest BCUT2D eigenvalue weighted by Gasteiger charge is 2.41. The zero-order chi connectivity index (χ0) is 49.6. The molecule has 0 bridgehead atoms. The second kappa shape index (κ2) is 24.5. The molecule has 11 atom stereocenters. The number of amides is 9. The maximum absolute atomic E-state index is 13.7. The standard InChI is InChI=1S/C36H51F3N10O16/c1-11(2)21-33(61)48-23(25(53)26(54)27(40)55)34(62)47-22(13(4)51)32(60)43-9-19(52)31(59)49-24(36(64)65)35(63)44-17(29(57)45-18(10-50)30(58)46-21)8-42-28(56)12(3)41-7-14-5-15(37)20(39)16(38)6-14/h5-6,11-13,17-19,21-26,41,50-54H,7-10H2,1-4H3,(H2,40,55)(H,42,56)(H,43,60)(H,44,63)(H,45,57)(H,46,58)(H,47,62)(H,48,61)(H,49,59)(H,64,65)/t12?,13-,17+,18+,19+,21+,22+,23?,24?,25?,26?/m1/s1. The molecule has 0 saturated carbocycles. The van der Waals surface area contributed by atoms with E-state index in [0.717, 1.165) is 6.92 Å². The van der Waals surface area contributed by atoms with E-state index in [1.165, 1.54) is 20.8 Å². The SMILES string of the molecule is CC(NCc1cc(F)c(F)c(F)c1)C(=O)NC[C@@H]1NC(=O)C(C(=O)O)NC(=O)[C@@H](O)CNC(=O)[C@H]([C@@H](C)O)NC(=O)C(C(O)C(O)C(N)=O)NC(=O)[C@H](C(C)C)NC(=O)[C@H](CO)NC1=O. The van der Waals surface area contributed by atoms with Crippen molar-refractivity contribution in [1.29, 1.82) is 0 Å². The van der Waals surface area contributed by atoms with Crippen molar-refractivity contribution in [2.75, 3.05) is 19.7 Å².